The number of nitrogens with zero attached hydrogens (tertiary/aromatic N) is 2. The summed E-state index contributed by atoms with van der Waals surface area (Å²) in [6.45, 7) is 2.35. The Labute approximate surface area is 109 Å². The second-order valence-electron chi connectivity index (χ2n) is 5.18. The molecule has 0 saturated heterocycles. The van der Waals surface area contributed by atoms with Gasteiger partial charge in [-0.1, -0.05) is 6.92 Å². The molecule has 0 atom stereocenters. The summed E-state index contributed by atoms with van der Waals surface area (Å²) in [6, 6.07) is 4.72. The number of pyridine rings is 1. The van der Waals surface area contributed by atoms with Crippen molar-refractivity contribution < 1.29 is 0 Å². The predicted octanol–water partition coefficient (Wildman–Crippen LogP) is 3.84. The first-order valence-electron chi connectivity index (χ1n) is 6.44. The molecule has 0 aromatic carbocycles. The van der Waals surface area contributed by atoms with Gasteiger partial charge in [-0.2, -0.15) is 0 Å². The Morgan fingerprint density at radius 1 is 1.35 bits per heavy atom. The molecule has 0 unspecified atom stereocenters. The molecule has 1 aromatic rings. The summed E-state index contributed by atoms with van der Waals surface area (Å²) in [5.74, 6) is 2.51. The summed E-state index contributed by atoms with van der Waals surface area (Å²) in [5, 5.41) is 0. The van der Waals surface area contributed by atoms with E-state index < -0.39 is 0 Å². The number of halogens is 1. The summed E-state index contributed by atoms with van der Waals surface area (Å²) in [7, 11) is 2.15. The summed E-state index contributed by atoms with van der Waals surface area (Å²) in [5.41, 5.74) is 1.15. The molecule has 0 N–H and O–H groups in total. The standard InChI is InChI=1S/C14H21ClN2/c1-11-3-5-13(6-4-11)17(2)14-9-12(10-15)7-8-16-14/h7-9,11,13H,3-6,10H2,1-2H3. The summed E-state index contributed by atoms with van der Waals surface area (Å²) < 4.78 is 0. The van der Waals surface area contributed by atoms with E-state index in [4.69, 9.17) is 11.6 Å². The molecule has 0 amide bonds. The second kappa shape index (κ2) is 5.72. The van der Waals surface area contributed by atoms with Crippen molar-refractivity contribution in [2.24, 2.45) is 5.92 Å². The van der Waals surface area contributed by atoms with Crippen LogP contribution in [-0.4, -0.2) is 18.1 Å². The van der Waals surface area contributed by atoms with Crippen molar-refractivity contribution in [3.63, 3.8) is 0 Å². The van der Waals surface area contributed by atoms with Crippen LogP contribution in [0.5, 0.6) is 0 Å². The van der Waals surface area contributed by atoms with Gasteiger partial charge in [0.15, 0.2) is 0 Å². The van der Waals surface area contributed by atoms with E-state index in [1.54, 1.807) is 0 Å². The average Bonchev–Trinajstić information content (AvgIpc) is 2.39. The molecule has 0 bridgehead atoms. The highest BCUT2D eigenvalue weighted by molar-refractivity contribution is 6.17. The Hall–Kier alpha value is -0.760. The van der Waals surface area contributed by atoms with Gasteiger partial charge in [-0.25, -0.2) is 4.98 Å². The van der Waals surface area contributed by atoms with Gasteiger partial charge in [0.2, 0.25) is 0 Å². The quantitative estimate of drug-likeness (QED) is 0.760. The fourth-order valence-electron chi connectivity index (χ4n) is 2.55. The third-order valence-corrected chi connectivity index (χ3v) is 4.17. The van der Waals surface area contributed by atoms with Gasteiger partial charge in [-0.15, -0.1) is 11.6 Å². The van der Waals surface area contributed by atoms with Crippen molar-refractivity contribution in [1.82, 2.24) is 4.98 Å². The van der Waals surface area contributed by atoms with Crippen molar-refractivity contribution in [1.29, 1.82) is 0 Å². The lowest BCUT2D eigenvalue weighted by Gasteiger charge is -2.34. The lowest BCUT2D eigenvalue weighted by Crippen LogP contribution is -2.35. The molecular formula is C14H21ClN2. The third kappa shape index (κ3) is 3.12. The van der Waals surface area contributed by atoms with Crippen molar-refractivity contribution >= 4 is 17.4 Å². The first-order valence-corrected chi connectivity index (χ1v) is 6.98. The van der Waals surface area contributed by atoms with Gasteiger partial charge in [0.25, 0.3) is 0 Å². The lowest BCUT2D eigenvalue weighted by molar-refractivity contribution is 0.340. The van der Waals surface area contributed by atoms with Crippen LogP contribution in [0.25, 0.3) is 0 Å². The third-order valence-electron chi connectivity index (χ3n) is 3.86. The summed E-state index contributed by atoms with van der Waals surface area (Å²) >= 11 is 5.86. The van der Waals surface area contributed by atoms with Gasteiger partial charge in [0.1, 0.15) is 5.82 Å². The molecule has 0 aliphatic heterocycles. The van der Waals surface area contributed by atoms with Crippen molar-refractivity contribution in [2.75, 3.05) is 11.9 Å². The molecule has 1 aliphatic carbocycles. The van der Waals surface area contributed by atoms with Gasteiger partial charge >= 0.3 is 0 Å². The number of hydrogen-bond donors (Lipinski definition) is 0. The van der Waals surface area contributed by atoms with Gasteiger partial charge in [-0.3, -0.25) is 0 Å². The van der Waals surface area contributed by atoms with Crippen LogP contribution in [0.2, 0.25) is 0 Å². The maximum absolute atomic E-state index is 5.86. The summed E-state index contributed by atoms with van der Waals surface area (Å²) in [4.78, 5) is 6.77. The minimum absolute atomic E-state index is 0.561. The van der Waals surface area contributed by atoms with Crippen LogP contribution >= 0.6 is 11.6 Å². The topological polar surface area (TPSA) is 16.1 Å². The molecule has 2 rings (SSSR count). The first kappa shape index (κ1) is 12.7. The largest absolute Gasteiger partial charge is 0.357 e. The lowest BCUT2D eigenvalue weighted by atomic mass is 9.87. The van der Waals surface area contributed by atoms with Crippen LogP contribution in [-0.2, 0) is 5.88 Å². The molecule has 1 aromatic heterocycles. The molecule has 1 heterocycles. The maximum Gasteiger partial charge on any atom is 0.128 e. The molecule has 3 heteroatoms. The van der Waals surface area contributed by atoms with Crippen LogP contribution in [0.3, 0.4) is 0 Å². The zero-order chi connectivity index (χ0) is 12.3. The van der Waals surface area contributed by atoms with E-state index in [-0.39, 0.29) is 0 Å². The molecule has 0 spiro atoms. The van der Waals surface area contributed by atoms with E-state index >= 15 is 0 Å². The Balaban J connectivity index is 2.05. The van der Waals surface area contributed by atoms with Crippen molar-refractivity contribution in [2.45, 2.75) is 44.5 Å². The summed E-state index contributed by atoms with van der Waals surface area (Å²) in [6.07, 6.45) is 7.10. The van der Waals surface area contributed by atoms with Crippen LogP contribution < -0.4 is 4.90 Å². The zero-order valence-corrected chi connectivity index (χ0v) is 11.5. The SMILES string of the molecule is CC1CCC(N(C)c2cc(CCl)ccn2)CC1. The number of anilines is 1. The van der Waals surface area contributed by atoms with Crippen molar-refractivity contribution in [3.8, 4) is 0 Å². The number of alkyl halides is 1. The maximum atomic E-state index is 5.86. The fourth-order valence-corrected chi connectivity index (χ4v) is 2.72. The Kier molecular flexibility index (Phi) is 4.27. The molecule has 1 saturated carbocycles. The number of aromatic nitrogens is 1. The highest BCUT2D eigenvalue weighted by Crippen LogP contribution is 2.28. The minimum atomic E-state index is 0.561. The van der Waals surface area contributed by atoms with E-state index in [0.717, 1.165) is 17.3 Å². The van der Waals surface area contributed by atoms with E-state index in [1.807, 2.05) is 12.3 Å². The molecule has 0 radical (unpaired) electrons. The smallest absolute Gasteiger partial charge is 0.128 e. The molecule has 17 heavy (non-hydrogen) atoms. The van der Waals surface area contributed by atoms with Gasteiger partial charge < -0.3 is 4.90 Å². The van der Waals surface area contributed by atoms with Gasteiger partial charge in [0.05, 0.1) is 0 Å². The fraction of sp³-hybridized carbons (Fsp3) is 0.643. The second-order valence-corrected chi connectivity index (χ2v) is 5.45. The Morgan fingerprint density at radius 3 is 2.71 bits per heavy atom. The molecule has 94 valence electrons. The van der Waals surface area contributed by atoms with E-state index in [9.17, 15) is 0 Å². The molecule has 2 nitrogen and oxygen atoms in total. The average molecular weight is 253 g/mol. The van der Waals surface area contributed by atoms with E-state index in [1.165, 1.54) is 25.7 Å². The van der Waals surface area contributed by atoms with Crippen LogP contribution in [0.1, 0.15) is 38.2 Å². The van der Waals surface area contributed by atoms with Gasteiger partial charge in [0, 0.05) is 25.2 Å². The highest BCUT2D eigenvalue weighted by Gasteiger charge is 2.22. The van der Waals surface area contributed by atoms with Crippen LogP contribution in [0.4, 0.5) is 5.82 Å². The van der Waals surface area contributed by atoms with Crippen molar-refractivity contribution in [3.05, 3.63) is 23.9 Å². The Morgan fingerprint density at radius 2 is 2.06 bits per heavy atom. The number of rotatable bonds is 3. The monoisotopic (exact) mass is 252 g/mol. The van der Waals surface area contributed by atoms with Crippen LogP contribution in [0.15, 0.2) is 18.3 Å². The van der Waals surface area contributed by atoms with Gasteiger partial charge in [-0.05, 0) is 49.3 Å². The number of hydrogen-bond acceptors (Lipinski definition) is 2. The van der Waals surface area contributed by atoms with Crippen LogP contribution in [0, 0.1) is 5.92 Å². The minimum Gasteiger partial charge on any atom is -0.357 e. The first-order chi connectivity index (χ1) is 8.20. The molecular weight excluding hydrogens is 232 g/mol. The molecule has 1 aliphatic rings. The predicted molar refractivity (Wildman–Crippen MR) is 73.6 cm³/mol. The van der Waals surface area contributed by atoms with E-state index in [0.29, 0.717) is 11.9 Å². The highest BCUT2D eigenvalue weighted by atomic mass is 35.5. The Bertz CT molecular complexity index is 359. The van der Waals surface area contributed by atoms with E-state index in [2.05, 4.69) is 29.9 Å². The zero-order valence-electron chi connectivity index (χ0n) is 10.7. The normalized spacial score (nSPS) is 24.6. The molecule has 1 fully saturated rings.